The van der Waals surface area contributed by atoms with E-state index in [2.05, 4.69) is 4.72 Å². The van der Waals surface area contributed by atoms with Crippen LogP contribution in [0.4, 0.5) is 5.69 Å². The number of hydrogen-bond donors (Lipinski definition) is 2. The quantitative estimate of drug-likeness (QED) is 0.682. The Hall–Kier alpha value is -1.07. The van der Waals surface area contributed by atoms with Gasteiger partial charge in [0.2, 0.25) is 10.0 Å². The largest absolute Gasteiger partial charge is 0.398 e. The van der Waals surface area contributed by atoms with E-state index < -0.39 is 10.0 Å². The van der Waals surface area contributed by atoms with Crippen LogP contribution in [0.25, 0.3) is 0 Å². The van der Waals surface area contributed by atoms with Gasteiger partial charge in [0.1, 0.15) is 4.90 Å². The van der Waals surface area contributed by atoms with Crippen molar-refractivity contribution in [1.29, 1.82) is 0 Å². The van der Waals surface area contributed by atoms with E-state index in [4.69, 9.17) is 5.73 Å². The number of nitrogens with two attached hydrogens (primary N) is 1. The molecular weight excluding hydrogens is 188 g/mol. The third kappa shape index (κ3) is 1.99. The maximum atomic E-state index is 11.4. The summed E-state index contributed by atoms with van der Waals surface area (Å²) in [5, 5.41) is 0. The van der Waals surface area contributed by atoms with Crippen molar-refractivity contribution < 1.29 is 8.42 Å². The molecule has 0 aromatic heterocycles. The van der Waals surface area contributed by atoms with E-state index >= 15 is 0 Å². The summed E-state index contributed by atoms with van der Waals surface area (Å²) in [5.74, 6) is 0. The summed E-state index contributed by atoms with van der Waals surface area (Å²) in [6.07, 6.45) is 0. The lowest BCUT2D eigenvalue weighted by Gasteiger charge is -2.06. The van der Waals surface area contributed by atoms with Crippen LogP contribution in [0.3, 0.4) is 0 Å². The summed E-state index contributed by atoms with van der Waals surface area (Å²) in [6, 6.07) is 4.89. The molecule has 0 bridgehead atoms. The molecule has 0 saturated carbocycles. The fraction of sp³-hybridized carbons (Fsp3) is 0.250. The summed E-state index contributed by atoms with van der Waals surface area (Å²) in [5.41, 5.74) is 6.66. The number of benzene rings is 1. The van der Waals surface area contributed by atoms with Crippen LogP contribution >= 0.6 is 0 Å². The molecule has 0 fully saturated rings. The summed E-state index contributed by atoms with van der Waals surface area (Å²) in [7, 11) is -2.07. The first-order chi connectivity index (χ1) is 5.97. The highest BCUT2D eigenvalue weighted by molar-refractivity contribution is 7.89. The van der Waals surface area contributed by atoms with Crippen LogP contribution in [-0.4, -0.2) is 15.5 Å². The molecule has 0 saturated heterocycles. The van der Waals surface area contributed by atoms with Gasteiger partial charge in [-0.1, -0.05) is 6.07 Å². The fourth-order valence-electron chi connectivity index (χ4n) is 0.984. The van der Waals surface area contributed by atoms with Crippen LogP contribution in [0, 0.1) is 6.92 Å². The molecule has 0 amide bonds. The predicted octanol–water partition coefficient (Wildman–Crippen LogP) is 0.485. The number of aryl methyl sites for hydroxylation is 1. The van der Waals surface area contributed by atoms with E-state index in [1.165, 1.54) is 7.05 Å². The number of anilines is 1. The van der Waals surface area contributed by atoms with Gasteiger partial charge in [0.25, 0.3) is 0 Å². The molecule has 0 aliphatic rings. The van der Waals surface area contributed by atoms with Gasteiger partial charge in [0.05, 0.1) is 5.69 Å². The highest BCUT2D eigenvalue weighted by Gasteiger charge is 2.14. The minimum Gasteiger partial charge on any atom is -0.398 e. The molecule has 13 heavy (non-hydrogen) atoms. The van der Waals surface area contributed by atoms with Crippen LogP contribution in [0.5, 0.6) is 0 Å². The fourth-order valence-corrected chi connectivity index (χ4v) is 1.92. The third-order valence-corrected chi connectivity index (χ3v) is 3.20. The standard InChI is InChI=1S/C8H12N2O2S/c1-6-3-4-7(9)8(5-6)13(11,12)10-2/h3-5,10H,9H2,1-2H3. The maximum Gasteiger partial charge on any atom is 0.242 e. The zero-order chi connectivity index (χ0) is 10.1. The minimum atomic E-state index is -3.43. The Kier molecular flexibility index (Phi) is 2.58. The van der Waals surface area contributed by atoms with Crippen molar-refractivity contribution in [1.82, 2.24) is 4.72 Å². The van der Waals surface area contributed by atoms with E-state index in [9.17, 15) is 8.42 Å². The van der Waals surface area contributed by atoms with Crippen LogP contribution in [-0.2, 0) is 10.0 Å². The van der Waals surface area contributed by atoms with Crippen molar-refractivity contribution in [2.75, 3.05) is 12.8 Å². The second-order valence-corrected chi connectivity index (χ2v) is 4.60. The van der Waals surface area contributed by atoms with Crippen LogP contribution < -0.4 is 10.5 Å². The molecule has 3 N–H and O–H groups in total. The molecule has 0 aliphatic carbocycles. The molecule has 1 aromatic rings. The number of nitrogens with one attached hydrogen (secondary N) is 1. The van der Waals surface area contributed by atoms with Gasteiger partial charge in [-0.15, -0.1) is 0 Å². The highest BCUT2D eigenvalue weighted by atomic mass is 32.2. The number of nitrogen functional groups attached to an aromatic ring is 1. The minimum absolute atomic E-state index is 0.134. The van der Waals surface area contributed by atoms with Crippen molar-refractivity contribution in [3.63, 3.8) is 0 Å². The van der Waals surface area contributed by atoms with Gasteiger partial charge in [0.15, 0.2) is 0 Å². The van der Waals surface area contributed by atoms with Crippen LogP contribution in [0.1, 0.15) is 5.56 Å². The molecule has 4 nitrogen and oxygen atoms in total. The molecule has 0 radical (unpaired) electrons. The summed E-state index contributed by atoms with van der Waals surface area (Å²) in [6.45, 7) is 1.81. The van der Waals surface area contributed by atoms with Gasteiger partial charge >= 0.3 is 0 Å². The molecule has 0 heterocycles. The van der Waals surface area contributed by atoms with E-state index in [-0.39, 0.29) is 10.6 Å². The van der Waals surface area contributed by atoms with E-state index in [0.717, 1.165) is 5.56 Å². The Labute approximate surface area is 77.8 Å². The lowest BCUT2D eigenvalue weighted by atomic mass is 10.2. The first-order valence-electron chi connectivity index (χ1n) is 3.77. The molecule has 72 valence electrons. The van der Waals surface area contributed by atoms with Crippen molar-refractivity contribution in [3.05, 3.63) is 23.8 Å². The predicted molar refractivity (Wildman–Crippen MR) is 51.8 cm³/mol. The SMILES string of the molecule is CNS(=O)(=O)c1cc(C)ccc1N. The van der Waals surface area contributed by atoms with E-state index in [1.54, 1.807) is 18.2 Å². The summed E-state index contributed by atoms with van der Waals surface area (Å²) < 4.78 is 25.0. The Morgan fingerprint density at radius 1 is 1.38 bits per heavy atom. The van der Waals surface area contributed by atoms with E-state index in [0.29, 0.717) is 0 Å². The molecule has 0 atom stereocenters. The number of sulfonamides is 1. The Balaban J connectivity index is 3.38. The molecule has 5 heteroatoms. The first-order valence-corrected chi connectivity index (χ1v) is 5.25. The second-order valence-electron chi connectivity index (χ2n) is 2.75. The summed E-state index contributed by atoms with van der Waals surface area (Å²) in [4.78, 5) is 0.134. The molecule has 0 spiro atoms. The molecule has 0 unspecified atom stereocenters. The third-order valence-electron chi connectivity index (χ3n) is 1.73. The van der Waals surface area contributed by atoms with Crippen molar-refractivity contribution in [2.45, 2.75) is 11.8 Å². The lowest BCUT2D eigenvalue weighted by molar-refractivity contribution is 0.588. The van der Waals surface area contributed by atoms with Gasteiger partial charge in [-0.3, -0.25) is 0 Å². The summed E-state index contributed by atoms with van der Waals surface area (Å²) >= 11 is 0. The molecular formula is C8H12N2O2S. The normalized spacial score (nSPS) is 11.5. The average Bonchev–Trinajstić information content (AvgIpc) is 2.09. The van der Waals surface area contributed by atoms with Gasteiger partial charge in [-0.25, -0.2) is 13.1 Å². The van der Waals surface area contributed by atoms with Gasteiger partial charge in [-0.05, 0) is 31.7 Å². The first kappa shape index (κ1) is 10.0. The van der Waals surface area contributed by atoms with E-state index in [1.807, 2.05) is 6.92 Å². The average molecular weight is 200 g/mol. The Morgan fingerprint density at radius 3 is 2.54 bits per heavy atom. The van der Waals surface area contributed by atoms with Crippen LogP contribution in [0.15, 0.2) is 23.1 Å². The topological polar surface area (TPSA) is 72.2 Å². The van der Waals surface area contributed by atoms with Gasteiger partial charge in [0, 0.05) is 0 Å². The number of hydrogen-bond acceptors (Lipinski definition) is 3. The molecule has 1 aromatic carbocycles. The van der Waals surface area contributed by atoms with Crippen LogP contribution in [0.2, 0.25) is 0 Å². The monoisotopic (exact) mass is 200 g/mol. The zero-order valence-electron chi connectivity index (χ0n) is 7.53. The van der Waals surface area contributed by atoms with Crippen molar-refractivity contribution in [2.24, 2.45) is 0 Å². The second kappa shape index (κ2) is 3.35. The Bertz CT molecular complexity index is 412. The maximum absolute atomic E-state index is 11.4. The van der Waals surface area contributed by atoms with Crippen molar-refractivity contribution >= 4 is 15.7 Å². The Morgan fingerprint density at radius 2 is 2.00 bits per heavy atom. The van der Waals surface area contributed by atoms with Crippen molar-refractivity contribution in [3.8, 4) is 0 Å². The van der Waals surface area contributed by atoms with Gasteiger partial charge < -0.3 is 5.73 Å². The van der Waals surface area contributed by atoms with Gasteiger partial charge in [-0.2, -0.15) is 0 Å². The zero-order valence-corrected chi connectivity index (χ0v) is 8.35. The smallest absolute Gasteiger partial charge is 0.242 e. The lowest BCUT2D eigenvalue weighted by Crippen LogP contribution is -2.19. The molecule has 0 aliphatic heterocycles. The number of rotatable bonds is 2. The molecule has 1 rings (SSSR count). The highest BCUT2D eigenvalue weighted by Crippen LogP contribution is 2.18.